The Hall–Kier alpha value is -2.33. The van der Waals surface area contributed by atoms with Gasteiger partial charge in [-0.15, -0.1) is 0 Å². The van der Waals surface area contributed by atoms with Crippen LogP contribution in [0.5, 0.6) is 0 Å². The third-order valence-electron chi connectivity index (χ3n) is 5.30. The zero-order valence-corrected chi connectivity index (χ0v) is 21.0. The molecule has 8 nitrogen and oxygen atoms in total. The van der Waals surface area contributed by atoms with E-state index in [9.17, 15) is 18.0 Å². The number of hydrogen-bond acceptors (Lipinski definition) is 5. The summed E-state index contributed by atoms with van der Waals surface area (Å²) in [4.78, 5) is 25.2. The van der Waals surface area contributed by atoms with Crippen LogP contribution in [0, 0.1) is 0 Å². The zero-order valence-electron chi connectivity index (χ0n) is 18.7. The largest absolute Gasteiger partial charge is 0.376 e. The van der Waals surface area contributed by atoms with E-state index >= 15 is 0 Å². The highest BCUT2D eigenvalue weighted by Crippen LogP contribution is 2.31. The van der Waals surface area contributed by atoms with E-state index < -0.39 is 10.0 Å². The van der Waals surface area contributed by atoms with Gasteiger partial charge >= 0.3 is 0 Å². The molecule has 0 aliphatic carbocycles. The maximum Gasteiger partial charge on any atom is 0.253 e. The number of hydrogen-bond donors (Lipinski definition) is 2. The highest BCUT2D eigenvalue weighted by atomic mass is 35.5. The standard InChI is InChI=1S/C23H27Cl2N3O5S/c1-34(31,32)28(21-14-16(24)10-11-19(21)25)12-4-9-22(29)27-20-8-3-2-7-18(20)23(30)26-15-17-6-5-13-33-17/h2-3,7-8,10-11,14,17H,4-6,9,12-13,15H2,1H3,(H,26,30)(H,27,29)/t17-/m1/s1. The van der Waals surface area contributed by atoms with Crippen LogP contribution in [0.3, 0.4) is 0 Å². The van der Waals surface area contributed by atoms with Crippen molar-refractivity contribution in [3.05, 3.63) is 58.1 Å². The van der Waals surface area contributed by atoms with Gasteiger partial charge in [0.25, 0.3) is 5.91 Å². The Balaban J connectivity index is 1.59. The molecule has 0 unspecified atom stereocenters. The summed E-state index contributed by atoms with van der Waals surface area (Å²) in [6, 6.07) is 11.3. The Morgan fingerprint density at radius 2 is 1.94 bits per heavy atom. The quantitative estimate of drug-likeness (QED) is 0.484. The van der Waals surface area contributed by atoms with E-state index in [-0.39, 0.29) is 48.0 Å². The van der Waals surface area contributed by atoms with Crippen LogP contribution < -0.4 is 14.9 Å². The number of ether oxygens (including phenoxy) is 1. The Morgan fingerprint density at radius 3 is 2.65 bits per heavy atom. The minimum Gasteiger partial charge on any atom is -0.376 e. The van der Waals surface area contributed by atoms with E-state index in [4.69, 9.17) is 27.9 Å². The number of rotatable bonds is 10. The molecule has 2 N–H and O–H groups in total. The number of anilines is 2. The second-order valence-electron chi connectivity index (χ2n) is 7.97. The van der Waals surface area contributed by atoms with Crippen LogP contribution in [-0.2, 0) is 19.6 Å². The highest BCUT2D eigenvalue weighted by Gasteiger charge is 2.21. The monoisotopic (exact) mass is 527 g/mol. The van der Waals surface area contributed by atoms with Gasteiger partial charge in [0.15, 0.2) is 0 Å². The minimum absolute atomic E-state index is 0.0106. The van der Waals surface area contributed by atoms with Gasteiger partial charge in [-0.1, -0.05) is 35.3 Å². The molecule has 1 aliphatic heterocycles. The average Bonchev–Trinajstić information content (AvgIpc) is 3.30. The molecule has 34 heavy (non-hydrogen) atoms. The Kier molecular flexibility index (Phi) is 9.18. The molecule has 3 rings (SSSR count). The lowest BCUT2D eigenvalue weighted by Crippen LogP contribution is -2.32. The van der Waals surface area contributed by atoms with Crippen LogP contribution in [0.2, 0.25) is 10.0 Å². The van der Waals surface area contributed by atoms with Gasteiger partial charge in [-0.25, -0.2) is 8.42 Å². The van der Waals surface area contributed by atoms with E-state index in [2.05, 4.69) is 10.6 Å². The van der Waals surface area contributed by atoms with Crippen LogP contribution in [0.1, 0.15) is 36.0 Å². The predicted octanol–water partition coefficient (Wildman–Crippen LogP) is 4.09. The molecular formula is C23H27Cl2N3O5S. The van der Waals surface area contributed by atoms with E-state index in [1.165, 1.54) is 12.1 Å². The van der Waals surface area contributed by atoms with Crippen molar-refractivity contribution in [2.24, 2.45) is 0 Å². The number of sulfonamides is 1. The van der Waals surface area contributed by atoms with Gasteiger partial charge in [-0.3, -0.25) is 13.9 Å². The van der Waals surface area contributed by atoms with Crippen LogP contribution in [0.15, 0.2) is 42.5 Å². The van der Waals surface area contributed by atoms with Crippen molar-refractivity contribution in [2.75, 3.05) is 35.6 Å². The van der Waals surface area contributed by atoms with Gasteiger partial charge in [0, 0.05) is 31.1 Å². The number of para-hydroxylation sites is 1. The van der Waals surface area contributed by atoms with Crippen LogP contribution in [-0.4, -0.2) is 52.3 Å². The molecule has 1 heterocycles. The maximum absolute atomic E-state index is 12.6. The van der Waals surface area contributed by atoms with Gasteiger partial charge in [-0.2, -0.15) is 0 Å². The molecule has 0 radical (unpaired) electrons. The van der Waals surface area contributed by atoms with E-state index in [0.29, 0.717) is 29.4 Å². The van der Waals surface area contributed by atoms with Crippen molar-refractivity contribution in [3.8, 4) is 0 Å². The first-order chi connectivity index (χ1) is 16.1. The van der Waals surface area contributed by atoms with Gasteiger partial charge in [0.05, 0.1) is 34.3 Å². The molecule has 1 aliphatic rings. The summed E-state index contributed by atoms with van der Waals surface area (Å²) in [6.07, 6.45) is 3.23. The third-order valence-corrected chi connectivity index (χ3v) is 7.04. The first-order valence-corrected chi connectivity index (χ1v) is 13.5. The second-order valence-corrected chi connectivity index (χ2v) is 10.7. The first kappa shape index (κ1) is 26.3. The van der Waals surface area contributed by atoms with Crippen molar-refractivity contribution in [2.45, 2.75) is 31.8 Å². The first-order valence-electron chi connectivity index (χ1n) is 10.9. The molecule has 0 bridgehead atoms. The molecule has 1 fully saturated rings. The molecule has 2 amide bonds. The molecule has 1 atom stereocenters. The highest BCUT2D eigenvalue weighted by molar-refractivity contribution is 7.92. The number of benzene rings is 2. The second kappa shape index (κ2) is 11.9. The van der Waals surface area contributed by atoms with Crippen LogP contribution in [0.4, 0.5) is 11.4 Å². The van der Waals surface area contributed by atoms with Crippen molar-refractivity contribution >= 4 is 56.4 Å². The summed E-state index contributed by atoms with van der Waals surface area (Å²) >= 11 is 12.2. The Labute approximate surface area is 209 Å². The molecule has 0 spiro atoms. The number of carbonyl (C=O) groups is 2. The summed E-state index contributed by atoms with van der Waals surface area (Å²) in [5, 5.41) is 6.18. The van der Waals surface area contributed by atoms with E-state index in [1.807, 2.05) is 0 Å². The van der Waals surface area contributed by atoms with Crippen molar-refractivity contribution in [3.63, 3.8) is 0 Å². The number of amides is 2. The maximum atomic E-state index is 12.6. The number of nitrogens with zero attached hydrogens (tertiary/aromatic N) is 1. The number of nitrogens with one attached hydrogen (secondary N) is 2. The smallest absolute Gasteiger partial charge is 0.253 e. The van der Waals surface area contributed by atoms with Gasteiger partial charge in [0.1, 0.15) is 0 Å². The molecule has 11 heteroatoms. The lowest BCUT2D eigenvalue weighted by Gasteiger charge is -2.23. The fourth-order valence-electron chi connectivity index (χ4n) is 3.63. The molecule has 2 aromatic carbocycles. The predicted molar refractivity (Wildman–Crippen MR) is 134 cm³/mol. The van der Waals surface area contributed by atoms with Crippen LogP contribution in [0.25, 0.3) is 0 Å². The molecule has 0 aromatic heterocycles. The summed E-state index contributed by atoms with van der Waals surface area (Å²) < 4.78 is 31.3. The lowest BCUT2D eigenvalue weighted by atomic mass is 10.1. The lowest BCUT2D eigenvalue weighted by molar-refractivity contribution is -0.116. The normalized spacial score (nSPS) is 15.7. The summed E-state index contributed by atoms with van der Waals surface area (Å²) in [7, 11) is -3.65. The van der Waals surface area contributed by atoms with Gasteiger partial charge < -0.3 is 15.4 Å². The third kappa shape index (κ3) is 7.33. The van der Waals surface area contributed by atoms with Crippen molar-refractivity contribution in [1.29, 1.82) is 0 Å². The van der Waals surface area contributed by atoms with Gasteiger partial charge in [0.2, 0.25) is 15.9 Å². The Bertz CT molecular complexity index is 1140. The van der Waals surface area contributed by atoms with E-state index in [1.54, 1.807) is 30.3 Å². The zero-order chi connectivity index (χ0) is 24.7. The van der Waals surface area contributed by atoms with Crippen molar-refractivity contribution < 1.29 is 22.7 Å². The Morgan fingerprint density at radius 1 is 1.18 bits per heavy atom. The SMILES string of the molecule is CS(=O)(=O)N(CCCC(=O)Nc1ccccc1C(=O)NC[C@H]1CCCO1)c1cc(Cl)ccc1Cl. The van der Waals surface area contributed by atoms with Crippen molar-refractivity contribution in [1.82, 2.24) is 5.32 Å². The fraction of sp³-hybridized carbons (Fsp3) is 0.391. The molecular weight excluding hydrogens is 501 g/mol. The topological polar surface area (TPSA) is 105 Å². The number of carbonyl (C=O) groups excluding carboxylic acids is 2. The summed E-state index contributed by atoms with van der Waals surface area (Å²) in [5.74, 6) is -0.643. The average molecular weight is 528 g/mol. The minimum atomic E-state index is -3.65. The van der Waals surface area contributed by atoms with E-state index in [0.717, 1.165) is 23.4 Å². The van der Waals surface area contributed by atoms with Crippen LogP contribution >= 0.6 is 23.2 Å². The summed E-state index contributed by atoms with van der Waals surface area (Å²) in [5.41, 5.74) is 0.984. The summed E-state index contributed by atoms with van der Waals surface area (Å²) in [6.45, 7) is 1.15. The van der Waals surface area contributed by atoms with Gasteiger partial charge in [-0.05, 0) is 49.6 Å². The fourth-order valence-corrected chi connectivity index (χ4v) is 5.04. The molecule has 184 valence electrons. The molecule has 0 saturated carbocycles. The molecule has 2 aromatic rings. The molecule has 1 saturated heterocycles. The number of halogens is 2.